The van der Waals surface area contributed by atoms with E-state index < -0.39 is 6.10 Å². The number of benzene rings is 2. The Labute approximate surface area is 156 Å². The van der Waals surface area contributed by atoms with Gasteiger partial charge in [-0.1, -0.05) is 79.4 Å². The number of carbonyl (C=O) groups excluding carboxylic acids is 1. The maximum atomic E-state index is 12.0. The van der Waals surface area contributed by atoms with Crippen molar-refractivity contribution in [1.29, 1.82) is 0 Å². The van der Waals surface area contributed by atoms with Gasteiger partial charge in [-0.05, 0) is 48.8 Å². The zero-order valence-electron chi connectivity index (χ0n) is 15.3. The van der Waals surface area contributed by atoms with Gasteiger partial charge in [-0.25, -0.2) is 0 Å². The van der Waals surface area contributed by atoms with Crippen LogP contribution in [0.3, 0.4) is 0 Å². The van der Waals surface area contributed by atoms with E-state index in [0.29, 0.717) is 12.8 Å². The SMILES string of the molecule is C=C(CCCC(O)C(=O)CCC/C=C/c1ccccc1)c1ccccc1. The van der Waals surface area contributed by atoms with E-state index in [4.69, 9.17) is 0 Å². The topological polar surface area (TPSA) is 37.3 Å². The van der Waals surface area contributed by atoms with E-state index in [9.17, 15) is 9.90 Å². The minimum atomic E-state index is -0.850. The molecule has 136 valence electrons. The van der Waals surface area contributed by atoms with Crippen LogP contribution in [-0.2, 0) is 4.79 Å². The monoisotopic (exact) mass is 348 g/mol. The predicted molar refractivity (Wildman–Crippen MR) is 110 cm³/mol. The van der Waals surface area contributed by atoms with Crippen molar-refractivity contribution >= 4 is 17.4 Å². The summed E-state index contributed by atoms with van der Waals surface area (Å²) < 4.78 is 0. The Balaban J connectivity index is 1.60. The molecule has 0 saturated heterocycles. The average Bonchev–Trinajstić information content (AvgIpc) is 2.68. The summed E-state index contributed by atoms with van der Waals surface area (Å²) in [6.07, 6.45) is 7.42. The van der Waals surface area contributed by atoms with Crippen molar-refractivity contribution in [3.05, 3.63) is 84.4 Å². The standard InChI is InChI=1S/C24H28O2/c1-20(22-16-8-4-9-17-22)12-11-19-24(26)23(25)18-10-3-7-15-21-13-5-2-6-14-21/h2,4-9,13-17,24,26H,1,3,10-12,18-19H2/b15-7+. The van der Waals surface area contributed by atoms with Gasteiger partial charge in [0.1, 0.15) is 6.10 Å². The molecule has 0 heterocycles. The number of carbonyl (C=O) groups is 1. The summed E-state index contributed by atoms with van der Waals surface area (Å²) in [5.74, 6) is -0.0524. The maximum Gasteiger partial charge on any atom is 0.161 e. The van der Waals surface area contributed by atoms with Crippen LogP contribution in [0.4, 0.5) is 0 Å². The van der Waals surface area contributed by atoms with Gasteiger partial charge >= 0.3 is 0 Å². The molecular formula is C24H28O2. The fraction of sp³-hybridized carbons (Fsp3) is 0.292. The molecule has 0 bridgehead atoms. The highest BCUT2D eigenvalue weighted by Gasteiger charge is 2.14. The number of hydrogen-bond acceptors (Lipinski definition) is 2. The molecule has 1 unspecified atom stereocenters. The fourth-order valence-electron chi connectivity index (χ4n) is 2.83. The fourth-order valence-corrected chi connectivity index (χ4v) is 2.83. The predicted octanol–water partition coefficient (Wildman–Crippen LogP) is 5.68. The van der Waals surface area contributed by atoms with E-state index in [2.05, 4.69) is 30.9 Å². The Morgan fingerprint density at radius 3 is 2.31 bits per heavy atom. The second-order valence-electron chi connectivity index (χ2n) is 6.55. The second kappa shape index (κ2) is 11.2. The third-order valence-corrected chi connectivity index (χ3v) is 4.41. The van der Waals surface area contributed by atoms with Crippen LogP contribution in [-0.4, -0.2) is 17.0 Å². The van der Waals surface area contributed by atoms with Gasteiger partial charge < -0.3 is 5.11 Å². The van der Waals surface area contributed by atoms with E-state index in [1.807, 2.05) is 48.5 Å². The first kappa shape index (κ1) is 19.9. The lowest BCUT2D eigenvalue weighted by Crippen LogP contribution is -2.19. The quantitative estimate of drug-likeness (QED) is 0.530. The molecule has 0 aliphatic rings. The van der Waals surface area contributed by atoms with Crippen molar-refractivity contribution < 1.29 is 9.90 Å². The molecule has 0 radical (unpaired) electrons. The van der Waals surface area contributed by atoms with Gasteiger partial charge in [0.2, 0.25) is 0 Å². The minimum absolute atomic E-state index is 0.0524. The Hall–Kier alpha value is -2.45. The summed E-state index contributed by atoms with van der Waals surface area (Å²) in [4.78, 5) is 12.0. The van der Waals surface area contributed by atoms with Crippen LogP contribution in [0.1, 0.15) is 49.7 Å². The molecule has 0 fully saturated rings. The summed E-state index contributed by atoms with van der Waals surface area (Å²) in [6.45, 7) is 4.09. The van der Waals surface area contributed by atoms with E-state index in [0.717, 1.165) is 42.4 Å². The van der Waals surface area contributed by atoms with Crippen molar-refractivity contribution in [2.45, 2.75) is 44.6 Å². The normalized spacial score (nSPS) is 12.2. The smallest absolute Gasteiger partial charge is 0.161 e. The number of Topliss-reactive ketones (excluding diaryl/α,β-unsaturated/α-hetero) is 1. The number of rotatable bonds is 11. The molecule has 2 aromatic rings. The first-order valence-electron chi connectivity index (χ1n) is 9.32. The Morgan fingerprint density at radius 1 is 0.962 bits per heavy atom. The van der Waals surface area contributed by atoms with Crippen molar-refractivity contribution in [3.63, 3.8) is 0 Å². The van der Waals surface area contributed by atoms with Crippen LogP contribution in [0.5, 0.6) is 0 Å². The second-order valence-corrected chi connectivity index (χ2v) is 6.55. The summed E-state index contributed by atoms with van der Waals surface area (Å²) in [7, 11) is 0. The highest BCUT2D eigenvalue weighted by Crippen LogP contribution is 2.19. The summed E-state index contributed by atoms with van der Waals surface area (Å²) in [5.41, 5.74) is 3.34. The number of aliphatic hydroxyl groups excluding tert-OH is 1. The molecule has 0 spiro atoms. The van der Waals surface area contributed by atoms with Crippen LogP contribution in [0.15, 0.2) is 73.3 Å². The third kappa shape index (κ3) is 7.20. The van der Waals surface area contributed by atoms with Gasteiger partial charge in [-0.15, -0.1) is 0 Å². The molecule has 0 aliphatic carbocycles. The Kier molecular flexibility index (Phi) is 8.57. The lowest BCUT2D eigenvalue weighted by atomic mass is 9.98. The molecule has 2 heteroatoms. The van der Waals surface area contributed by atoms with Gasteiger partial charge in [-0.2, -0.15) is 0 Å². The molecule has 2 nitrogen and oxygen atoms in total. The van der Waals surface area contributed by atoms with Crippen molar-refractivity contribution in [3.8, 4) is 0 Å². The lowest BCUT2D eigenvalue weighted by Gasteiger charge is -2.10. The van der Waals surface area contributed by atoms with Crippen LogP contribution < -0.4 is 0 Å². The zero-order valence-corrected chi connectivity index (χ0v) is 15.3. The molecule has 0 saturated carbocycles. The minimum Gasteiger partial charge on any atom is -0.385 e. The molecule has 0 aromatic heterocycles. The van der Waals surface area contributed by atoms with Gasteiger partial charge in [0, 0.05) is 6.42 Å². The number of ketones is 1. The van der Waals surface area contributed by atoms with Crippen LogP contribution in [0, 0.1) is 0 Å². The number of hydrogen-bond donors (Lipinski definition) is 1. The summed E-state index contributed by atoms with van der Waals surface area (Å²) in [6, 6.07) is 20.1. The molecule has 0 aliphatic heterocycles. The highest BCUT2D eigenvalue weighted by atomic mass is 16.3. The average molecular weight is 348 g/mol. The molecule has 1 N–H and O–H groups in total. The zero-order chi connectivity index (χ0) is 18.6. The van der Waals surface area contributed by atoms with E-state index in [-0.39, 0.29) is 5.78 Å². The first-order chi connectivity index (χ1) is 12.7. The maximum absolute atomic E-state index is 12.0. The molecule has 2 rings (SSSR count). The summed E-state index contributed by atoms with van der Waals surface area (Å²) in [5, 5.41) is 10.0. The molecule has 0 amide bonds. The van der Waals surface area contributed by atoms with Gasteiger partial charge in [0.05, 0.1) is 0 Å². The van der Waals surface area contributed by atoms with Crippen LogP contribution in [0.25, 0.3) is 11.6 Å². The molecule has 26 heavy (non-hydrogen) atoms. The third-order valence-electron chi connectivity index (χ3n) is 4.41. The number of unbranched alkanes of at least 4 members (excludes halogenated alkanes) is 1. The molecule has 2 aromatic carbocycles. The largest absolute Gasteiger partial charge is 0.385 e. The van der Waals surface area contributed by atoms with Crippen LogP contribution in [0.2, 0.25) is 0 Å². The van der Waals surface area contributed by atoms with Crippen LogP contribution >= 0.6 is 0 Å². The van der Waals surface area contributed by atoms with E-state index >= 15 is 0 Å². The van der Waals surface area contributed by atoms with Gasteiger partial charge in [0.15, 0.2) is 5.78 Å². The number of aliphatic hydroxyl groups is 1. The molecule has 1 atom stereocenters. The lowest BCUT2D eigenvalue weighted by molar-refractivity contribution is -0.127. The van der Waals surface area contributed by atoms with E-state index in [1.165, 1.54) is 0 Å². The van der Waals surface area contributed by atoms with Crippen molar-refractivity contribution in [2.24, 2.45) is 0 Å². The van der Waals surface area contributed by atoms with Crippen molar-refractivity contribution in [1.82, 2.24) is 0 Å². The Bertz CT molecular complexity index is 702. The highest BCUT2D eigenvalue weighted by molar-refractivity contribution is 5.82. The summed E-state index contributed by atoms with van der Waals surface area (Å²) >= 11 is 0. The van der Waals surface area contributed by atoms with E-state index in [1.54, 1.807) is 0 Å². The first-order valence-corrected chi connectivity index (χ1v) is 9.32. The van der Waals surface area contributed by atoms with Gasteiger partial charge in [0.25, 0.3) is 0 Å². The van der Waals surface area contributed by atoms with Gasteiger partial charge in [-0.3, -0.25) is 4.79 Å². The Morgan fingerprint density at radius 2 is 1.62 bits per heavy atom. The number of allylic oxidation sites excluding steroid dienone is 2. The molecular weight excluding hydrogens is 320 g/mol. The van der Waals surface area contributed by atoms with Crippen molar-refractivity contribution in [2.75, 3.05) is 0 Å².